The Hall–Kier alpha value is -1.06. The van der Waals surface area contributed by atoms with Gasteiger partial charge in [-0.25, -0.2) is 0 Å². The molecule has 3 heteroatoms. The first kappa shape index (κ1) is 12.4. The van der Waals surface area contributed by atoms with E-state index in [4.69, 9.17) is 4.74 Å². The van der Waals surface area contributed by atoms with Crippen molar-refractivity contribution < 1.29 is 9.84 Å². The number of hydrogen-bond donors (Lipinski definition) is 1. The van der Waals surface area contributed by atoms with Gasteiger partial charge < -0.3 is 9.84 Å². The topological polar surface area (TPSA) is 32.7 Å². The van der Waals surface area contributed by atoms with Gasteiger partial charge in [-0.05, 0) is 18.9 Å². The van der Waals surface area contributed by atoms with Crippen LogP contribution in [0.15, 0.2) is 18.2 Å². The summed E-state index contributed by atoms with van der Waals surface area (Å²) < 4.78 is 5.49. The van der Waals surface area contributed by atoms with Crippen molar-refractivity contribution in [3.05, 3.63) is 29.3 Å². The lowest BCUT2D eigenvalue weighted by Crippen LogP contribution is -2.44. The number of ether oxygens (including phenoxy) is 1. The molecule has 1 saturated heterocycles. The van der Waals surface area contributed by atoms with Crippen molar-refractivity contribution in [3.63, 3.8) is 0 Å². The number of morpholine rings is 1. The summed E-state index contributed by atoms with van der Waals surface area (Å²) in [6.45, 7) is 7.49. The zero-order valence-electron chi connectivity index (χ0n) is 10.6. The lowest BCUT2D eigenvalue weighted by molar-refractivity contribution is -0.0130. The zero-order chi connectivity index (χ0) is 12.3. The maximum atomic E-state index is 10.0. The van der Waals surface area contributed by atoms with Crippen molar-refractivity contribution in [3.8, 4) is 5.75 Å². The minimum atomic E-state index is 0.439. The molecule has 0 aromatic heterocycles. The summed E-state index contributed by atoms with van der Waals surface area (Å²) in [5.41, 5.74) is 1.97. The van der Waals surface area contributed by atoms with Crippen molar-refractivity contribution in [2.45, 2.75) is 32.9 Å². The molecule has 0 spiro atoms. The predicted molar refractivity (Wildman–Crippen MR) is 68.2 cm³/mol. The Morgan fingerprint density at radius 2 is 2.29 bits per heavy atom. The normalized spacial score (nSPS) is 21.6. The Morgan fingerprint density at radius 3 is 3.06 bits per heavy atom. The van der Waals surface area contributed by atoms with Crippen molar-refractivity contribution in [1.29, 1.82) is 0 Å². The van der Waals surface area contributed by atoms with Gasteiger partial charge in [0.2, 0.25) is 0 Å². The van der Waals surface area contributed by atoms with Crippen LogP contribution in [0, 0.1) is 6.92 Å². The van der Waals surface area contributed by atoms with E-state index < -0.39 is 0 Å². The summed E-state index contributed by atoms with van der Waals surface area (Å²) in [7, 11) is 0. The maximum Gasteiger partial charge on any atom is 0.122 e. The van der Waals surface area contributed by atoms with Gasteiger partial charge in [0.1, 0.15) is 5.75 Å². The summed E-state index contributed by atoms with van der Waals surface area (Å²) in [5.74, 6) is 0.439. The van der Waals surface area contributed by atoms with Crippen LogP contribution in [-0.4, -0.2) is 35.8 Å². The molecule has 1 aliphatic heterocycles. The Bertz CT molecular complexity index is 378. The van der Waals surface area contributed by atoms with E-state index in [9.17, 15) is 5.11 Å². The highest BCUT2D eigenvalue weighted by Crippen LogP contribution is 2.24. The molecule has 1 aliphatic rings. The minimum absolute atomic E-state index is 0.439. The van der Waals surface area contributed by atoms with Crippen LogP contribution in [0.25, 0.3) is 0 Å². The molecule has 0 saturated carbocycles. The molecule has 1 N–H and O–H groups in total. The van der Waals surface area contributed by atoms with Gasteiger partial charge in [-0.1, -0.05) is 25.1 Å². The number of hydrogen-bond acceptors (Lipinski definition) is 3. The third-order valence-electron chi connectivity index (χ3n) is 3.52. The average molecular weight is 235 g/mol. The minimum Gasteiger partial charge on any atom is -0.507 e. The van der Waals surface area contributed by atoms with E-state index >= 15 is 0 Å². The van der Waals surface area contributed by atoms with Gasteiger partial charge in [0.15, 0.2) is 0 Å². The molecule has 1 aromatic carbocycles. The second-order valence-corrected chi connectivity index (χ2v) is 4.69. The van der Waals surface area contributed by atoms with Crippen LogP contribution in [0.1, 0.15) is 24.5 Å². The second-order valence-electron chi connectivity index (χ2n) is 4.69. The maximum absolute atomic E-state index is 10.0. The Labute approximate surface area is 103 Å². The molecule has 0 aliphatic carbocycles. The molecular formula is C14H21NO2. The Kier molecular flexibility index (Phi) is 4.02. The smallest absolute Gasteiger partial charge is 0.122 e. The first-order valence-electron chi connectivity index (χ1n) is 6.31. The number of nitrogens with zero attached hydrogens (tertiary/aromatic N) is 1. The van der Waals surface area contributed by atoms with Crippen molar-refractivity contribution in [1.82, 2.24) is 4.90 Å². The summed E-state index contributed by atoms with van der Waals surface area (Å²) in [6.07, 6.45) is 1.09. The van der Waals surface area contributed by atoms with Crippen LogP contribution in [-0.2, 0) is 11.3 Å². The largest absolute Gasteiger partial charge is 0.507 e. The molecule has 2 rings (SSSR count). The van der Waals surface area contributed by atoms with Gasteiger partial charge in [0, 0.05) is 24.7 Å². The quantitative estimate of drug-likeness (QED) is 0.872. The van der Waals surface area contributed by atoms with Gasteiger partial charge in [-0.15, -0.1) is 0 Å². The van der Waals surface area contributed by atoms with Crippen LogP contribution in [0.3, 0.4) is 0 Å². The van der Waals surface area contributed by atoms with Crippen LogP contribution in [0.4, 0.5) is 0 Å². The molecule has 1 atom stereocenters. The Balaban J connectivity index is 2.11. The lowest BCUT2D eigenvalue weighted by atomic mass is 10.1. The molecule has 1 unspecified atom stereocenters. The second kappa shape index (κ2) is 5.52. The highest BCUT2D eigenvalue weighted by atomic mass is 16.5. The molecular weight excluding hydrogens is 214 g/mol. The fourth-order valence-corrected chi connectivity index (χ4v) is 2.34. The van der Waals surface area contributed by atoms with E-state index in [-0.39, 0.29) is 0 Å². The number of rotatable bonds is 3. The number of aryl methyl sites for hydroxylation is 1. The highest BCUT2D eigenvalue weighted by molar-refractivity contribution is 5.39. The van der Waals surface area contributed by atoms with Crippen molar-refractivity contribution >= 4 is 0 Å². The monoisotopic (exact) mass is 235 g/mol. The summed E-state index contributed by atoms with van der Waals surface area (Å²) in [6, 6.07) is 6.43. The van der Waals surface area contributed by atoms with Crippen molar-refractivity contribution in [2.75, 3.05) is 19.8 Å². The average Bonchev–Trinajstić information content (AvgIpc) is 2.35. The predicted octanol–water partition coefficient (Wildman–Crippen LogP) is 2.31. The van der Waals surface area contributed by atoms with E-state index in [1.807, 2.05) is 25.1 Å². The first-order valence-corrected chi connectivity index (χ1v) is 6.31. The fraction of sp³-hybridized carbons (Fsp3) is 0.571. The molecule has 94 valence electrons. The Morgan fingerprint density at radius 1 is 1.47 bits per heavy atom. The fourth-order valence-electron chi connectivity index (χ4n) is 2.34. The summed E-state index contributed by atoms with van der Waals surface area (Å²) >= 11 is 0. The standard InChI is InChI=1S/C14H21NO2/c1-3-13-10-17-8-7-15(13)9-12-6-4-5-11(2)14(12)16/h4-6,13,16H,3,7-10H2,1-2H3. The number of phenols is 1. The van der Waals surface area contributed by atoms with Crippen LogP contribution in [0.5, 0.6) is 5.75 Å². The molecule has 3 nitrogen and oxygen atoms in total. The summed E-state index contributed by atoms with van der Waals surface area (Å²) in [4.78, 5) is 2.40. The van der Waals surface area contributed by atoms with Crippen molar-refractivity contribution in [2.24, 2.45) is 0 Å². The van der Waals surface area contributed by atoms with Gasteiger partial charge in [0.25, 0.3) is 0 Å². The number of para-hydroxylation sites is 1. The number of benzene rings is 1. The number of aromatic hydroxyl groups is 1. The van der Waals surface area contributed by atoms with Crippen LogP contribution < -0.4 is 0 Å². The van der Waals surface area contributed by atoms with E-state index in [1.165, 1.54) is 0 Å². The van der Waals surface area contributed by atoms with E-state index in [1.54, 1.807) is 0 Å². The zero-order valence-corrected chi connectivity index (χ0v) is 10.6. The molecule has 1 heterocycles. The van der Waals surface area contributed by atoms with Gasteiger partial charge in [0.05, 0.1) is 13.2 Å². The molecule has 0 amide bonds. The van der Waals surface area contributed by atoms with E-state index in [2.05, 4.69) is 11.8 Å². The number of phenolic OH excluding ortho intramolecular Hbond substituents is 1. The molecule has 0 radical (unpaired) electrons. The van der Waals surface area contributed by atoms with Gasteiger partial charge in [-0.2, -0.15) is 0 Å². The van der Waals surface area contributed by atoms with Crippen LogP contribution in [0.2, 0.25) is 0 Å². The first-order chi connectivity index (χ1) is 8.22. The summed E-state index contributed by atoms with van der Waals surface area (Å²) in [5, 5.41) is 10.0. The molecule has 0 bridgehead atoms. The molecule has 1 aromatic rings. The lowest BCUT2D eigenvalue weighted by Gasteiger charge is -2.35. The third kappa shape index (κ3) is 2.79. The van der Waals surface area contributed by atoms with Gasteiger partial charge >= 0.3 is 0 Å². The van der Waals surface area contributed by atoms with E-state index in [0.717, 1.165) is 43.9 Å². The highest BCUT2D eigenvalue weighted by Gasteiger charge is 2.22. The molecule has 17 heavy (non-hydrogen) atoms. The van der Waals surface area contributed by atoms with Gasteiger partial charge in [-0.3, -0.25) is 4.90 Å². The SMILES string of the molecule is CCC1COCCN1Cc1cccc(C)c1O. The van der Waals surface area contributed by atoms with Crippen LogP contribution >= 0.6 is 0 Å². The molecule has 1 fully saturated rings. The van der Waals surface area contributed by atoms with E-state index in [0.29, 0.717) is 11.8 Å². The third-order valence-corrected chi connectivity index (χ3v) is 3.52.